The van der Waals surface area contributed by atoms with Crippen molar-refractivity contribution in [3.8, 4) is 5.69 Å². The van der Waals surface area contributed by atoms with Crippen LogP contribution < -0.4 is 10.2 Å². The van der Waals surface area contributed by atoms with Crippen molar-refractivity contribution >= 4 is 23.3 Å². The lowest BCUT2D eigenvalue weighted by Crippen LogP contribution is -2.48. The summed E-state index contributed by atoms with van der Waals surface area (Å²) >= 11 is 0. The third-order valence-electron chi connectivity index (χ3n) is 6.84. The monoisotopic (exact) mass is 510 g/mol. The van der Waals surface area contributed by atoms with Crippen molar-refractivity contribution in [3.05, 3.63) is 114 Å². The highest BCUT2D eigenvalue weighted by molar-refractivity contribution is 6.01. The van der Waals surface area contributed by atoms with Crippen LogP contribution in [0.2, 0.25) is 0 Å². The van der Waals surface area contributed by atoms with Gasteiger partial charge in [-0.05, 0) is 73.0 Å². The molecule has 1 N–H and O–H groups in total. The van der Waals surface area contributed by atoms with Gasteiger partial charge in [-0.25, -0.2) is 9.18 Å². The van der Waals surface area contributed by atoms with Crippen LogP contribution in [0.1, 0.15) is 42.6 Å². The van der Waals surface area contributed by atoms with Crippen molar-refractivity contribution in [1.82, 2.24) is 9.47 Å². The van der Waals surface area contributed by atoms with Crippen LogP contribution >= 0.6 is 0 Å². The fraction of sp³-hybridized carbons (Fsp3) is 0.226. The minimum atomic E-state index is -0.471. The second-order valence-electron chi connectivity index (χ2n) is 9.58. The van der Waals surface area contributed by atoms with Gasteiger partial charge in [0.05, 0.1) is 17.1 Å². The van der Waals surface area contributed by atoms with Gasteiger partial charge in [0.1, 0.15) is 18.4 Å². The Morgan fingerprint density at radius 3 is 2.45 bits per heavy atom. The summed E-state index contributed by atoms with van der Waals surface area (Å²) in [5, 5.41) is 2.95. The van der Waals surface area contributed by atoms with Crippen LogP contribution in [-0.2, 0) is 4.79 Å². The molecule has 1 atom stereocenters. The Hall–Kier alpha value is -4.39. The molecular formula is C31H31FN4O2. The third kappa shape index (κ3) is 5.05. The molecule has 2 heterocycles. The zero-order valence-corrected chi connectivity index (χ0v) is 21.6. The molecule has 0 saturated carbocycles. The Balaban J connectivity index is 1.50. The van der Waals surface area contributed by atoms with Crippen molar-refractivity contribution in [2.24, 2.45) is 0 Å². The second-order valence-corrected chi connectivity index (χ2v) is 9.58. The molecule has 5 rings (SSSR count). The lowest BCUT2D eigenvalue weighted by molar-refractivity contribution is -0.119. The van der Waals surface area contributed by atoms with Gasteiger partial charge in [-0.15, -0.1) is 0 Å². The number of nitrogens with zero attached hydrogens (tertiary/aromatic N) is 3. The maximum absolute atomic E-state index is 14.1. The molecule has 6 nitrogen and oxygen atoms in total. The van der Waals surface area contributed by atoms with E-state index in [0.29, 0.717) is 12.2 Å². The topological polar surface area (TPSA) is 57.6 Å². The van der Waals surface area contributed by atoms with Gasteiger partial charge >= 0.3 is 6.03 Å². The molecule has 3 aromatic carbocycles. The standard InChI is InChI=1S/C31H31FN4O2/c1-3-4-18-34(31(38)33-25-10-7-9-22(2)20-25)21-29(37)36-27-12-6-5-11-26(27)35-19-8-13-28(35)30(36)23-14-16-24(32)17-15-23/h5-17,19-20,30H,3-4,18,21H2,1-2H3,(H,33,38). The number of para-hydroxylation sites is 2. The van der Waals surface area contributed by atoms with Crippen LogP contribution in [-0.4, -0.2) is 34.5 Å². The maximum atomic E-state index is 14.1. The Labute approximate surface area is 222 Å². The number of aromatic nitrogens is 1. The number of hydrogen-bond acceptors (Lipinski definition) is 2. The van der Waals surface area contributed by atoms with Gasteiger partial charge in [-0.3, -0.25) is 9.69 Å². The fourth-order valence-corrected chi connectivity index (χ4v) is 4.99. The number of carbonyl (C=O) groups is 2. The number of anilines is 2. The van der Waals surface area contributed by atoms with E-state index >= 15 is 0 Å². The first-order valence-corrected chi connectivity index (χ1v) is 12.9. The van der Waals surface area contributed by atoms with E-state index in [-0.39, 0.29) is 24.3 Å². The van der Waals surface area contributed by atoms with E-state index in [1.165, 1.54) is 12.1 Å². The number of rotatable bonds is 7. The summed E-state index contributed by atoms with van der Waals surface area (Å²) in [7, 11) is 0. The van der Waals surface area contributed by atoms with Gasteiger partial charge in [0.15, 0.2) is 0 Å². The minimum Gasteiger partial charge on any atom is -0.316 e. The Kier molecular flexibility index (Phi) is 7.26. The first kappa shape index (κ1) is 25.3. The van der Waals surface area contributed by atoms with E-state index in [1.807, 2.05) is 73.8 Å². The summed E-state index contributed by atoms with van der Waals surface area (Å²) < 4.78 is 15.9. The number of nitrogens with one attached hydrogen (secondary N) is 1. The third-order valence-corrected chi connectivity index (χ3v) is 6.84. The number of unbranched alkanes of at least 4 members (excludes halogenated alkanes) is 1. The molecule has 0 spiro atoms. The van der Waals surface area contributed by atoms with E-state index in [0.717, 1.165) is 41.0 Å². The van der Waals surface area contributed by atoms with Gasteiger partial charge in [0.25, 0.3) is 0 Å². The number of benzene rings is 3. The largest absolute Gasteiger partial charge is 0.322 e. The van der Waals surface area contributed by atoms with Crippen molar-refractivity contribution in [2.45, 2.75) is 32.7 Å². The summed E-state index contributed by atoms with van der Waals surface area (Å²) in [5.41, 5.74) is 5.03. The Morgan fingerprint density at radius 1 is 0.947 bits per heavy atom. The van der Waals surface area contributed by atoms with Gasteiger partial charge in [0.2, 0.25) is 5.91 Å². The molecule has 0 fully saturated rings. The molecule has 0 bridgehead atoms. The average molecular weight is 511 g/mol. The highest BCUT2D eigenvalue weighted by Crippen LogP contribution is 2.42. The normalized spacial score (nSPS) is 14.0. The molecule has 1 aromatic heterocycles. The first-order chi connectivity index (χ1) is 18.5. The van der Waals surface area contributed by atoms with Crippen LogP contribution in [0.4, 0.5) is 20.6 Å². The van der Waals surface area contributed by atoms with Crippen LogP contribution in [0.15, 0.2) is 91.1 Å². The minimum absolute atomic E-state index is 0.0929. The fourth-order valence-electron chi connectivity index (χ4n) is 4.99. The summed E-state index contributed by atoms with van der Waals surface area (Å²) in [6.07, 6.45) is 3.63. The van der Waals surface area contributed by atoms with Crippen molar-refractivity contribution in [3.63, 3.8) is 0 Å². The molecular weight excluding hydrogens is 479 g/mol. The number of aryl methyl sites for hydroxylation is 1. The lowest BCUT2D eigenvalue weighted by Gasteiger charge is -2.39. The van der Waals surface area contributed by atoms with E-state index < -0.39 is 6.04 Å². The molecule has 7 heteroatoms. The smallest absolute Gasteiger partial charge is 0.316 e. The quantitative estimate of drug-likeness (QED) is 0.301. The SMILES string of the molecule is CCCCN(CC(=O)N1c2ccccc2-n2cccc2C1c1ccc(F)cc1)C(=O)Nc1cccc(C)c1. The van der Waals surface area contributed by atoms with E-state index in [2.05, 4.69) is 16.8 Å². The van der Waals surface area contributed by atoms with Gasteiger partial charge in [-0.1, -0.05) is 49.7 Å². The molecule has 3 amide bonds. The Morgan fingerprint density at radius 2 is 1.71 bits per heavy atom. The zero-order valence-electron chi connectivity index (χ0n) is 21.6. The number of fused-ring (bicyclic) bond motifs is 3. The maximum Gasteiger partial charge on any atom is 0.322 e. The molecule has 0 saturated heterocycles. The zero-order chi connectivity index (χ0) is 26.6. The van der Waals surface area contributed by atoms with Crippen molar-refractivity contribution < 1.29 is 14.0 Å². The van der Waals surface area contributed by atoms with Crippen LogP contribution in [0.5, 0.6) is 0 Å². The van der Waals surface area contributed by atoms with E-state index in [1.54, 1.807) is 21.9 Å². The highest BCUT2D eigenvalue weighted by atomic mass is 19.1. The van der Waals surface area contributed by atoms with Crippen molar-refractivity contribution in [1.29, 1.82) is 0 Å². The molecule has 1 aliphatic heterocycles. The number of amides is 3. The highest BCUT2D eigenvalue weighted by Gasteiger charge is 2.37. The van der Waals surface area contributed by atoms with Gasteiger partial charge in [0, 0.05) is 18.4 Å². The second kappa shape index (κ2) is 10.9. The predicted octanol–water partition coefficient (Wildman–Crippen LogP) is 6.70. The van der Waals surface area contributed by atoms with Crippen LogP contribution in [0, 0.1) is 12.7 Å². The molecule has 0 radical (unpaired) electrons. The Bertz CT molecular complexity index is 1450. The molecule has 1 unspecified atom stereocenters. The van der Waals surface area contributed by atoms with Crippen LogP contribution in [0.3, 0.4) is 0 Å². The van der Waals surface area contributed by atoms with Gasteiger partial charge in [-0.2, -0.15) is 0 Å². The van der Waals surface area contributed by atoms with Crippen molar-refractivity contribution in [2.75, 3.05) is 23.3 Å². The molecule has 1 aliphatic rings. The lowest BCUT2D eigenvalue weighted by atomic mass is 9.97. The first-order valence-electron chi connectivity index (χ1n) is 12.9. The number of halogens is 1. The number of urea groups is 1. The average Bonchev–Trinajstić information content (AvgIpc) is 3.41. The molecule has 38 heavy (non-hydrogen) atoms. The van der Waals surface area contributed by atoms with E-state index in [4.69, 9.17) is 0 Å². The van der Waals surface area contributed by atoms with E-state index in [9.17, 15) is 14.0 Å². The van der Waals surface area contributed by atoms with Gasteiger partial charge < -0.3 is 14.8 Å². The predicted molar refractivity (Wildman–Crippen MR) is 148 cm³/mol. The molecule has 194 valence electrons. The van der Waals surface area contributed by atoms with Crippen LogP contribution in [0.25, 0.3) is 5.69 Å². The number of hydrogen-bond donors (Lipinski definition) is 1. The molecule has 4 aromatic rings. The summed E-state index contributed by atoms with van der Waals surface area (Å²) in [6.45, 7) is 4.38. The summed E-state index contributed by atoms with van der Waals surface area (Å²) in [5.74, 6) is -0.550. The summed E-state index contributed by atoms with van der Waals surface area (Å²) in [6, 6.07) is 24.7. The summed E-state index contributed by atoms with van der Waals surface area (Å²) in [4.78, 5) is 30.8. The molecule has 0 aliphatic carbocycles. The number of carbonyl (C=O) groups excluding carboxylic acids is 2.